The van der Waals surface area contributed by atoms with Crippen LogP contribution in [0.5, 0.6) is 5.75 Å². The SMILES string of the molecule is CC1Oc2cc(C3(CO)CCC3)ccc2NC1=O. The Morgan fingerprint density at radius 3 is 2.89 bits per heavy atom. The second-order valence-electron chi connectivity index (χ2n) is 5.25. The van der Waals surface area contributed by atoms with Crippen molar-refractivity contribution in [3.8, 4) is 5.75 Å². The molecule has 1 aliphatic heterocycles. The molecular weight excluding hydrogens is 230 g/mol. The van der Waals surface area contributed by atoms with Gasteiger partial charge in [0, 0.05) is 5.41 Å². The van der Waals surface area contributed by atoms with Crippen LogP contribution in [0.1, 0.15) is 31.7 Å². The largest absolute Gasteiger partial charge is 0.479 e. The summed E-state index contributed by atoms with van der Waals surface area (Å²) in [5, 5.41) is 12.4. The number of hydrogen-bond acceptors (Lipinski definition) is 3. The zero-order chi connectivity index (χ0) is 12.8. The second-order valence-corrected chi connectivity index (χ2v) is 5.25. The maximum Gasteiger partial charge on any atom is 0.265 e. The zero-order valence-electron chi connectivity index (χ0n) is 10.4. The van der Waals surface area contributed by atoms with E-state index in [9.17, 15) is 9.90 Å². The average Bonchev–Trinajstić information content (AvgIpc) is 2.30. The summed E-state index contributed by atoms with van der Waals surface area (Å²) in [7, 11) is 0. The first kappa shape index (κ1) is 11.5. The van der Waals surface area contributed by atoms with E-state index in [0.717, 1.165) is 24.8 Å². The minimum Gasteiger partial charge on any atom is -0.479 e. The number of hydrogen-bond donors (Lipinski definition) is 2. The smallest absolute Gasteiger partial charge is 0.265 e. The molecule has 18 heavy (non-hydrogen) atoms. The number of nitrogens with one attached hydrogen (secondary N) is 1. The molecule has 1 unspecified atom stereocenters. The van der Waals surface area contributed by atoms with Gasteiger partial charge in [-0.05, 0) is 37.5 Å². The lowest BCUT2D eigenvalue weighted by atomic mass is 9.65. The molecule has 1 fully saturated rings. The van der Waals surface area contributed by atoms with Crippen LogP contribution in [0.2, 0.25) is 0 Å². The van der Waals surface area contributed by atoms with E-state index >= 15 is 0 Å². The first-order chi connectivity index (χ1) is 8.64. The van der Waals surface area contributed by atoms with Gasteiger partial charge < -0.3 is 15.2 Å². The highest BCUT2D eigenvalue weighted by Gasteiger charge is 2.39. The summed E-state index contributed by atoms with van der Waals surface area (Å²) >= 11 is 0. The van der Waals surface area contributed by atoms with Crippen molar-refractivity contribution in [2.75, 3.05) is 11.9 Å². The van der Waals surface area contributed by atoms with Crippen LogP contribution in [-0.2, 0) is 10.2 Å². The zero-order valence-corrected chi connectivity index (χ0v) is 10.4. The highest BCUT2D eigenvalue weighted by molar-refractivity contribution is 5.97. The molecule has 96 valence electrons. The predicted molar refractivity (Wildman–Crippen MR) is 67.8 cm³/mol. The Bertz CT molecular complexity index is 488. The van der Waals surface area contributed by atoms with Crippen molar-refractivity contribution in [3.63, 3.8) is 0 Å². The van der Waals surface area contributed by atoms with E-state index < -0.39 is 6.10 Å². The molecule has 1 saturated carbocycles. The van der Waals surface area contributed by atoms with E-state index in [1.54, 1.807) is 6.92 Å². The monoisotopic (exact) mass is 247 g/mol. The molecule has 1 amide bonds. The van der Waals surface area contributed by atoms with E-state index in [4.69, 9.17) is 4.74 Å². The summed E-state index contributed by atoms with van der Waals surface area (Å²) in [4.78, 5) is 11.5. The molecule has 1 aromatic rings. The van der Waals surface area contributed by atoms with Crippen molar-refractivity contribution >= 4 is 11.6 Å². The van der Waals surface area contributed by atoms with Gasteiger partial charge in [-0.1, -0.05) is 12.5 Å². The van der Waals surface area contributed by atoms with Gasteiger partial charge >= 0.3 is 0 Å². The summed E-state index contributed by atoms with van der Waals surface area (Å²) in [5.74, 6) is 0.593. The minimum atomic E-state index is -0.459. The van der Waals surface area contributed by atoms with Crippen molar-refractivity contribution in [2.45, 2.75) is 37.7 Å². The Balaban J connectivity index is 1.96. The molecule has 1 aromatic carbocycles. The highest BCUT2D eigenvalue weighted by Crippen LogP contribution is 2.45. The molecule has 1 atom stereocenters. The lowest BCUT2D eigenvalue weighted by molar-refractivity contribution is -0.122. The second kappa shape index (κ2) is 3.99. The van der Waals surface area contributed by atoms with E-state index in [1.807, 2.05) is 18.2 Å². The Morgan fingerprint density at radius 2 is 2.28 bits per heavy atom. The molecule has 2 aliphatic rings. The number of aliphatic hydroxyl groups is 1. The van der Waals surface area contributed by atoms with Gasteiger partial charge in [0.2, 0.25) is 0 Å². The molecule has 4 heteroatoms. The molecule has 0 radical (unpaired) electrons. The molecule has 1 heterocycles. The quantitative estimate of drug-likeness (QED) is 0.838. The summed E-state index contributed by atoms with van der Waals surface area (Å²) < 4.78 is 5.60. The van der Waals surface area contributed by atoms with Crippen LogP contribution in [0.15, 0.2) is 18.2 Å². The number of ether oxygens (including phenoxy) is 1. The molecule has 0 spiro atoms. The fourth-order valence-electron chi connectivity index (χ4n) is 2.67. The van der Waals surface area contributed by atoms with Gasteiger partial charge in [0.05, 0.1) is 12.3 Å². The fraction of sp³-hybridized carbons (Fsp3) is 0.500. The number of fused-ring (bicyclic) bond motifs is 1. The molecule has 2 N–H and O–H groups in total. The minimum absolute atomic E-state index is 0.0942. The number of rotatable bonds is 2. The lowest BCUT2D eigenvalue weighted by Crippen LogP contribution is -2.38. The summed E-state index contributed by atoms with van der Waals surface area (Å²) in [6, 6.07) is 5.80. The van der Waals surface area contributed by atoms with Gasteiger partial charge in [-0.25, -0.2) is 0 Å². The third-order valence-corrected chi connectivity index (χ3v) is 4.14. The Labute approximate surface area is 106 Å². The van der Waals surface area contributed by atoms with Gasteiger partial charge in [0.1, 0.15) is 5.75 Å². The Hall–Kier alpha value is -1.55. The van der Waals surface area contributed by atoms with Crippen LogP contribution < -0.4 is 10.1 Å². The number of carbonyl (C=O) groups is 1. The Morgan fingerprint density at radius 1 is 1.50 bits per heavy atom. The summed E-state index contributed by atoms with van der Waals surface area (Å²) in [6.07, 6.45) is 2.74. The highest BCUT2D eigenvalue weighted by atomic mass is 16.5. The van der Waals surface area contributed by atoms with Gasteiger partial charge in [-0.3, -0.25) is 4.79 Å². The van der Waals surface area contributed by atoms with E-state index in [0.29, 0.717) is 11.4 Å². The maximum absolute atomic E-state index is 11.5. The molecule has 0 aromatic heterocycles. The van der Waals surface area contributed by atoms with Crippen LogP contribution >= 0.6 is 0 Å². The first-order valence-corrected chi connectivity index (χ1v) is 6.37. The molecular formula is C14H17NO3. The molecule has 3 rings (SSSR count). The summed E-state index contributed by atoms with van der Waals surface area (Å²) in [5.41, 5.74) is 1.73. The standard InChI is InChI=1S/C14H17NO3/c1-9-13(17)15-11-4-3-10(7-12(11)18-9)14(8-16)5-2-6-14/h3-4,7,9,16H,2,5-6,8H2,1H3,(H,15,17). The fourth-order valence-corrected chi connectivity index (χ4v) is 2.67. The maximum atomic E-state index is 11.5. The van der Waals surface area contributed by atoms with Gasteiger partial charge in [0.25, 0.3) is 5.91 Å². The van der Waals surface area contributed by atoms with Crippen LogP contribution in [-0.4, -0.2) is 23.7 Å². The molecule has 0 saturated heterocycles. The molecule has 1 aliphatic carbocycles. The number of anilines is 1. The predicted octanol–water partition coefficient (Wildman–Crippen LogP) is 1.82. The van der Waals surface area contributed by atoms with Gasteiger partial charge in [-0.15, -0.1) is 0 Å². The number of benzene rings is 1. The van der Waals surface area contributed by atoms with E-state index in [-0.39, 0.29) is 17.9 Å². The molecule has 0 bridgehead atoms. The first-order valence-electron chi connectivity index (χ1n) is 6.37. The topological polar surface area (TPSA) is 58.6 Å². The van der Waals surface area contributed by atoms with Crippen LogP contribution in [0, 0.1) is 0 Å². The van der Waals surface area contributed by atoms with Crippen molar-refractivity contribution < 1.29 is 14.6 Å². The number of carbonyl (C=O) groups excluding carboxylic acids is 1. The number of amides is 1. The average molecular weight is 247 g/mol. The summed E-state index contributed by atoms with van der Waals surface area (Å²) in [6.45, 7) is 1.91. The normalized spacial score (nSPS) is 24.6. The third-order valence-electron chi connectivity index (χ3n) is 4.14. The van der Waals surface area contributed by atoms with Crippen molar-refractivity contribution in [1.82, 2.24) is 0 Å². The van der Waals surface area contributed by atoms with Crippen molar-refractivity contribution in [3.05, 3.63) is 23.8 Å². The van der Waals surface area contributed by atoms with Crippen LogP contribution in [0.3, 0.4) is 0 Å². The lowest BCUT2D eigenvalue weighted by Gasteiger charge is -2.41. The van der Waals surface area contributed by atoms with E-state index in [1.165, 1.54) is 0 Å². The Kier molecular flexibility index (Phi) is 2.55. The number of aliphatic hydroxyl groups excluding tert-OH is 1. The van der Waals surface area contributed by atoms with Gasteiger partial charge in [0.15, 0.2) is 6.10 Å². The van der Waals surface area contributed by atoms with Crippen LogP contribution in [0.4, 0.5) is 5.69 Å². The van der Waals surface area contributed by atoms with Crippen molar-refractivity contribution in [1.29, 1.82) is 0 Å². The molecule has 4 nitrogen and oxygen atoms in total. The van der Waals surface area contributed by atoms with E-state index in [2.05, 4.69) is 5.32 Å². The van der Waals surface area contributed by atoms with Crippen LogP contribution in [0.25, 0.3) is 0 Å². The van der Waals surface area contributed by atoms with Crippen molar-refractivity contribution in [2.24, 2.45) is 0 Å². The van der Waals surface area contributed by atoms with Gasteiger partial charge in [-0.2, -0.15) is 0 Å². The third kappa shape index (κ3) is 1.60.